The normalized spacial score (nSPS) is 24.8. The molecule has 0 aliphatic carbocycles. The van der Waals surface area contributed by atoms with Crippen LogP contribution in [0, 0.1) is 11.7 Å². The maximum absolute atomic E-state index is 16.9. The van der Waals surface area contributed by atoms with Crippen LogP contribution in [0.25, 0.3) is 32.9 Å². The van der Waals surface area contributed by atoms with Crippen molar-refractivity contribution in [3.63, 3.8) is 0 Å². The van der Waals surface area contributed by atoms with Gasteiger partial charge in [-0.15, -0.1) is 0 Å². The van der Waals surface area contributed by atoms with E-state index in [0.717, 1.165) is 86.2 Å². The number of hydrogen-bond donors (Lipinski definition) is 3. The number of amides is 5. The Morgan fingerprint density at radius 3 is 2.30 bits per heavy atom. The molecule has 380 valence electrons. The van der Waals surface area contributed by atoms with Crippen molar-refractivity contribution >= 4 is 69.2 Å². The number of likely N-dealkylation sites (N-methyl/N-ethyl adjacent to an activating group) is 1. The fourth-order valence-electron chi connectivity index (χ4n) is 12.2. The van der Waals surface area contributed by atoms with E-state index in [-0.39, 0.29) is 65.5 Å². The fraction of sp³-hybridized carbons (Fsp3) is 0.453. The first kappa shape index (κ1) is 48.1. The van der Waals surface area contributed by atoms with Crippen molar-refractivity contribution in [2.75, 3.05) is 82.4 Å². The van der Waals surface area contributed by atoms with E-state index < -0.39 is 35.5 Å². The largest absolute Gasteiger partial charge is 0.483 e. The highest BCUT2D eigenvalue weighted by molar-refractivity contribution is 6.23. The summed E-state index contributed by atoms with van der Waals surface area (Å²) in [7, 11) is 2.12. The number of piperazine rings is 2. The summed E-state index contributed by atoms with van der Waals surface area (Å²) in [5, 5.41) is 15.3. The predicted molar refractivity (Wildman–Crippen MR) is 268 cm³/mol. The highest BCUT2D eigenvalue weighted by atomic mass is 19.1. The Labute approximate surface area is 420 Å². The van der Waals surface area contributed by atoms with Gasteiger partial charge in [0.2, 0.25) is 17.7 Å². The fourth-order valence-corrected chi connectivity index (χ4v) is 12.2. The van der Waals surface area contributed by atoms with Gasteiger partial charge >= 0.3 is 6.01 Å². The van der Waals surface area contributed by atoms with Gasteiger partial charge in [0.25, 0.3) is 18.3 Å². The minimum absolute atomic E-state index is 0.0511. The number of hydrogen-bond acceptors (Lipinski definition) is 15. The van der Waals surface area contributed by atoms with Crippen LogP contribution < -0.4 is 25.2 Å². The lowest BCUT2D eigenvalue weighted by Gasteiger charge is -2.40. The molecule has 0 saturated carbocycles. The summed E-state index contributed by atoms with van der Waals surface area (Å²) in [4.78, 5) is 99.7. The third-order valence-corrected chi connectivity index (χ3v) is 16.1. The standard InChI is InChI=1S/C52H56FN11O6.CH2O2/c1-59-28-35(60-17-15-31(16-18-60)49(67)62-21-19-61(20-22-62)34-11-12-39-40(24-34)51(69)64(50(39)68)42-13-14-43(65)56-48(42)66)23-36(59)29-70-52-57-46-41(47(58-52)63-26-32-9-10-33(27-63)55-32)25-54-45(44(46)53)38-8-4-6-30-5-2-3-7-37(30)38;2-1-3/h2-8,11-12,24-25,31-33,35-36,42,55H,9-10,13-23,26-29H2,1H3,(H,56,65,66);1H,(H,2,3)/t32?,33?,35-,36-,42?;/m0./s1. The van der Waals surface area contributed by atoms with Gasteiger partial charge in [0.05, 0.1) is 16.5 Å². The number of imide groups is 2. The van der Waals surface area contributed by atoms with Crippen LogP contribution in [0.15, 0.2) is 66.9 Å². The van der Waals surface area contributed by atoms with Gasteiger partial charge < -0.3 is 29.9 Å². The topological polar surface area (TPSA) is 214 Å². The third kappa shape index (κ3) is 9.20. The Balaban J connectivity index is 0.00000187. The van der Waals surface area contributed by atoms with Gasteiger partial charge in [0, 0.05) is 99.8 Å². The maximum atomic E-state index is 16.9. The van der Waals surface area contributed by atoms with Crippen LogP contribution in [0.5, 0.6) is 6.01 Å². The molecule has 20 heteroatoms. The molecule has 3 aromatic carbocycles. The molecule has 2 bridgehead atoms. The van der Waals surface area contributed by atoms with E-state index in [1.54, 1.807) is 18.3 Å². The molecule has 5 atom stereocenters. The number of halogens is 1. The van der Waals surface area contributed by atoms with Gasteiger partial charge in [0.1, 0.15) is 29.7 Å². The lowest BCUT2D eigenvalue weighted by atomic mass is 9.93. The van der Waals surface area contributed by atoms with Crippen molar-refractivity contribution in [3.05, 3.63) is 83.8 Å². The van der Waals surface area contributed by atoms with Gasteiger partial charge in [-0.2, -0.15) is 9.97 Å². The first-order valence-electron chi connectivity index (χ1n) is 25.4. The number of aromatic nitrogens is 3. The first-order valence-corrected chi connectivity index (χ1v) is 25.4. The van der Waals surface area contributed by atoms with E-state index in [1.807, 2.05) is 53.4 Å². The van der Waals surface area contributed by atoms with Gasteiger partial charge in [-0.25, -0.2) is 4.39 Å². The molecule has 3 N–H and O–H groups in total. The number of benzene rings is 3. The highest BCUT2D eigenvalue weighted by Gasteiger charge is 2.45. The highest BCUT2D eigenvalue weighted by Crippen LogP contribution is 2.37. The van der Waals surface area contributed by atoms with E-state index in [1.165, 1.54) is 0 Å². The van der Waals surface area contributed by atoms with Crippen molar-refractivity contribution in [2.24, 2.45) is 5.92 Å². The van der Waals surface area contributed by atoms with Crippen LogP contribution in [-0.2, 0) is 19.2 Å². The van der Waals surface area contributed by atoms with E-state index >= 15 is 4.39 Å². The number of carbonyl (C=O) groups excluding carboxylic acids is 5. The van der Waals surface area contributed by atoms with E-state index in [9.17, 15) is 24.0 Å². The first-order chi connectivity index (χ1) is 35.5. The van der Waals surface area contributed by atoms with Gasteiger partial charge in [-0.05, 0) is 87.6 Å². The molecular formula is C53H58FN11O8. The van der Waals surface area contributed by atoms with Crippen molar-refractivity contribution in [3.8, 4) is 17.3 Å². The zero-order valence-electron chi connectivity index (χ0n) is 40.6. The summed E-state index contributed by atoms with van der Waals surface area (Å²) in [5.74, 6) is -1.81. The van der Waals surface area contributed by atoms with Gasteiger partial charge in [-0.1, -0.05) is 42.5 Å². The summed E-state index contributed by atoms with van der Waals surface area (Å²) in [6.07, 6.45) is 6.54. The second-order valence-corrected chi connectivity index (χ2v) is 20.3. The summed E-state index contributed by atoms with van der Waals surface area (Å²) < 4.78 is 23.4. The molecule has 6 fully saturated rings. The zero-order valence-corrected chi connectivity index (χ0v) is 40.6. The van der Waals surface area contributed by atoms with Gasteiger partial charge in [-0.3, -0.25) is 53.8 Å². The molecule has 0 spiro atoms. The van der Waals surface area contributed by atoms with Crippen LogP contribution >= 0.6 is 0 Å². The number of likely N-dealkylation sites (tertiary alicyclic amines) is 2. The monoisotopic (exact) mass is 995 g/mol. The second-order valence-electron chi connectivity index (χ2n) is 20.3. The van der Waals surface area contributed by atoms with E-state index in [2.05, 4.69) is 37.3 Å². The minimum atomic E-state index is -1.01. The van der Waals surface area contributed by atoms with E-state index in [0.29, 0.717) is 67.7 Å². The number of nitrogens with zero attached hydrogens (tertiary/aromatic N) is 9. The maximum Gasteiger partial charge on any atom is 0.319 e. The molecule has 2 aromatic heterocycles. The average Bonchev–Trinajstić information content (AvgIpc) is 4.04. The van der Waals surface area contributed by atoms with E-state index in [4.69, 9.17) is 29.6 Å². The molecule has 9 heterocycles. The number of ether oxygens (including phenoxy) is 1. The van der Waals surface area contributed by atoms with Crippen molar-refractivity contribution in [1.29, 1.82) is 0 Å². The molecule has 6 saturated heterocycles. The summed E-state index contributed by atoms with van der Waals surface area (Å²) >= 11 is 0. The molecule has 5 aromatic rings. The lowest BCUT2D eigenvalue weighted by Crippen LogP contribution is -2.54. The lowest BCUT2D eigenvalue weighted by molar-refractivity contribution is -0.138. The van der Waals surface area contributed by atoms with Crippen molar-refractivity contribution in [1.82, 2.24) is 45.2 Å². The molecule has 0 radical (unpaired) electrons. The number of carboxylic acid groups (broad SMARTS) is 1. The predicted octanol–water partition coefficient (Wildman–Crippen LogP) is 3.54. The van der Waals surface area contributed by atoms with Crippen LogP contribution in [0.4, 0.5) is 15.9 Å². The quantitative estimate of drug-likeness (QED) is 0.142. The second kappa shape index (κ2) is 20.0. The molecule has 12 rings (SSSR count). The molecule has 5 amide bonds. The smallest absolute Gasteiger partial charge is 0.319 e. The Morgan fingerprint density at radius 1 is 0.822 bits per heavy atom. The summed E-state index contributed by atoms with van der Waals surface area (Å²) in [6, 6.07) is 19.2. The third-order valence-electron chi connectivity index (χ3n) is 16.1. The van der Waals surface area contributed by atoms with Gasteiger partial charge in [0.15, 0.2) is 5.82 Å². The molecule has 73 heavy (non-hydrogen) atoms. The molecule has 7 aliphatic heterocycles. The number of anilines is 2. The Morgan fingerprint density at radius 2 is 1.55 bits per heavy atom. The Bertz CT molecular complexity index is 3000. The van der Waals surface area contributed by atoms with Crippen LogP contribution in [0.3, 0.4) is 0 Å². The molecular weight excluding hydrogens is 938 g/mol. The SMILES string of the molecule is CN1C[C@@H](N2CCC(C(=O)N3CCN(c4ccc5c(c4)C(=O)N(C4CCC(=O)NC4=O)C5=O)CC3)CC2)C[C@H]1COc1nc(N2CC3CCC(C2)N3)c2cnc(-c3cccc4ccccc34)c(F)c2n1.O=CO. The van der Waals surface area contributed by atoms with Crippen LogP contribution in [-0.4, -0.2) is 178 Å². The number of nitrogens with one attached hydrogen (secondary N) is 2. The average molecular weight is 996 g/mol. The zero-order chi connectivity index (χ0) is 50.5. The summed E-state index contributed by atoms with van der Waals surface area (Å²) in [6.45, 7) is 6.44. The number of fused-ring (bicyclic) bond motifs is 5. The molecule has 19 nitrogen and oxygen atoms in total. The number of pyridine rings is 1. The van der Waals surface area contributed by atoms with Crippen molar-refractivity contribution < 1.29 is 43.0 Å². The number of rotatable bonds is 9. The van der Waals surface area contributed by atoms with Crippen LogP contribution in [0.1, 0.15) is 65.7 Å². The number of piperidine rings is 2. The minimum Gasteiger partial charge on any atom is -0.483 e. The Kier molecular flexibility index (Phi) is 13.2. The molecule has 3 unspecified atom stereocenters. The number of carbonyl (C=O) groups is 6. The summed E-state index contributed by atoms with van der Waals surface area (Å²) in [5.41, 5.74) is 2.44. The molecule has 7 aliphatic rings. The van der Waals surface area contributed by atoms with Crippen molar-refractivity contribution in [2.45, 2.75) is 75.2 Å². The van der Waals surface area contributed by atoms with Crippen LogP contribution in [0.2, 0.25) is 0 Å². The Hall–Kier alpha value is -7.16.